The molecule has 0 spiro atoms. The van der Waals surface area contributed by atoms with E-state index < -0.39 is 0 Å². The number of amides is 1. The van der Waals surface area contributed by atoms with Crippen LogP contribution in [-0.4, -0.2) is 29.4 Å². The van der Waals surface area contributed by atoms with Gasteiger partial charge in [0.2, 0.25) is 5.88 Å². The highest BCUT2D eigenvalue weighted by Gasteiger charge is 2.19. The Kier molecular flexibility index (Phi) is 5.15. The third-order valence-corrected chi connectivity index (χ3v) is 3.24. The predicted octanol–water partition coefficient (Wildman–Crippen LogP) is 2.21. The number of nitrogen functional groups attached to an aromatic ring is 1. The maximum atomic E-state index is 12.5. The molecule has 0 aliphatic heterocycles. The summed E-state index contributed by atoms with van der Waals surface area (Å²) in [4.78, 5) is 18.2. The number of anilines is 1. The maximum Gasteiger partial charge on any atom is 0.272 e. The third-order valence-electron chi connectivity index (χ3n) is 3.24. The van der Waals surface area contributed by atoms with Gasteiger partial charge >= 0.3 is 0 Å². The normalized spacial score (nSPS) is 9.96. The van der Waals surface area contributed by atoms with Crippen LogP contribution >= 0.6 is 0 Å². The van der Waals surface area contributed by atoms with Crippen LogP contribution in [0.15, 0.2) is 36.4 Å². The van der Waals surface area contributed by atoms with E-state index in [0.717, 1.165) is 5.56 Å². The summed E-state index contributed by atoms with van der Waals surface area (Å²) in [5, 5.41) is 9.11. The highest BCUT2D eigenvalue weighted by Crippen LogP contribution is 2.23. The van der Waals surface area contributed by atoms with Gasteiger partial charge in [0.15, 0.2) is 0 Å². The number of nitrogens with two attached hydrogens (primary N) is 1. The molecule has 0 atom stereocenters. The highest BCUT2D eigenvalue weighted by atomic mass is 16.5. The molecule has 0 saturated heterocycles. The van der Waals surface area contributed by atoms with E-state index in [2.05, 4.69) is 4.98 Å². The summed E-state index contributed by atoms with van der Waals surface area (Å²) in [7, 11) is 1.69. The van der Waals surface area contributed by atoms with Gasteiger partial charge in [-0.15, -0.1) is 0 Å². The molecule has 2 aromatic rings. The van der Waals surface area contributed by atoms with Crippen LogP contribution in [0.3, 0.4) is 0 Å². The zero-order valence-electron chi connectivity index (χ0n) is 13.1. The Bertz CT molecular complexity index is 738. The lowest BCUT2D eigenvalue weighted by atomic mass is 10.2. The standard InChI is InChI=1S/C17H18N4O2/c1-3-23-16-13(10-18)14(19)9-15(20-16)17(22)21(2)11-12-7-5-4-6-8-12/h4-9H,3,11H2,1-2H3,(H2,19,20). The van der Waals surface area contributed by atoms with E-state index in [0.29, 0.717) is 13.2 Å². The molecule has 0 radical (unpaired) electrons. The Labute approximate surface area is 135 Å². The van der Waals surface area contributed by atoms with E-state index in [4.69, 9.17) is 15.7 Å². The van der Waals surface area contributed by atoms with Crippen LogP contribution in [0, 0.1) is 11.3 Å². The van der Waals surface area contributed by atoms with Crippen molar-refractivity contribution in [3.8, 4) is 11.9 Å². The van der Waals surface area contributed by atoms with Crippen LogP contribution in [0.2, 0.25) is 0 Å². The molecular formula is C17H18N4O2. The first-order valence-electron chi connectivity index (χ1n) is 7.19. The number of pyridine rings is 1. The minimum atomic E-state index is -0.286. The van der Waals surface area contributed by atoms with Gasteiger partial charge in [0.1, 0.15) is 17.3 Å². The molecule has 1 aromatic carbocycles. The fraction of sp³-hybridized carbons (Fsp3) is 0.235. The molecule has 0 aliphatic carbocycles. The minimum Gasteiger partial charge on any atom is -0.477 e. The predicted molar refractivity (Wildman–Crippen MR) is 86.8 cm³/mol. The second-order valence-electron chi connectivity index (χ2n) is 4.97. The van der Waals surface area contributed by atoms with Crippen LogP contribution in [-0.2, 0) is 6.54 Å². The first-order valence-corrected chi connectivity index (χ1v) is 7.19. The molecule has 0 saturated carbocycles. The molecule has 0 bridgehead atoms. The number of carbonyl (C=O) groups excluding carboxylic acids is 1. The summed E-state index contributed by atoms with van der Waals surface area (Å²) in [6.07, 6.45) is 0. The summed E-state index contributed by atoms with van der Waals surface area (Å²) in [5.41, 5.74) is 7.34. The smallest absolute Gasteiger partial charge is 0.272 e. The monoisotopic (exact) mass is 310 g/mol. The Morgan fingerprint density at radius 1 is 1.39 bits per heavy atom. The summed E-state index contributed by atoms with van der Waals surface area (Å²) in [5.74, 6) is -0.197. The third kappa shape index (κ3) is 3.77. The molecule has 1 heterocycles. The molecule has 118 valence electrons. The number of carbonyl (C=O) groups is 1. The molecule has 6 heteroatoms. The Morgan fingerprint density at radius 3 is 2.70 bits per heavy atom. The number of aromatic nitrogens is 1. The number of rotatable bonds is 5. The second kappa shape index (κ2) is 7.27. The Hall–Kier alpha value is -3.07. The van der Waals surface area contributed by atoms with E-state index >= 15 is 0 Å². The van der Waals surface area contributed by atoms with E-state index in [1.807, 2.05) is 36.4 Å². The average Bonchev–Trinajstić information content (AvgIpc) is 2.55. The van der Waals surface area contributed by atoms with E-state index in [9.17, 15) is 4.79 Å². The van der Waals surface area contributed by atoms with Gasteiger partial charge in [0.05, 0.1) is 12.3 Å². The van der Waals surface area contributed by atoms with Crippen molar-refractivity contribution in [2.75, 3.05) is 19.4 Å². The summed E-state index contributed by atoms with van der Waals surface area (Å²) in [6.45, 7) is 2.55. The summed E-state index contributed by atoms with van der Waals surface area (Å²) >= 11 is 0. The van der Waals surface area contributed by atoms with E-state index in [1.165, 1.54) is 6.07 Å². The molecule has 1 amide bonds. The lowest BCUT2D eigenvalue weighted by Gasteiger charge is -2.18. The van der Waals surface area contributed by atoms with E-state index in [-0.39, 0.29) is 28.7 Å². The zero-order chi connectivity index (χ0) is 16.8. The Balaban J connectivity index is 2.26. The first kappa shape index (κ1) is 16.3. The van der Waals surface area contributed by atoms with Gasteiger partial charge in [-0.1, -0.05) is 30.3 Å². The number of ether oxygens (including phenoxy) is 1. The molecule has 0 aliphatic rings. The van der Waals surface area contributed by atoms with Crippen LogP contribution < -0.4 is 10.5 Å². The number of nitriles is 1. The van der Waals surface area contributed by atoms with Crippen molar-refractivity contribution in [2.45, 2.75) is 13.5 Å². The molecule has 23 heavy (non-hydrogen) atoms. The van der Waals surface area contributed by atoms with E-state index in [1.54, 1.807) is 18.9 Å². The van der Waals surface area contributed by atoms with Gasteiger partial charge in [-0.3, -0.25) is 4.79 Å². The van der Waals surface area contributed by atoms with Crippen molar-refractivity contribution in [1.82, 2.24) is 9.88 Å². The fourth-order valence-corrected chi connectivity index (χ4v) is 2.13. The van der Waals surface area contributed by atoms with Crippen molar-refractivity contribution in [2.24, 2.45) is 0 Å². The van der Waals surface area contributed by atoms with Crippen molar-refractivity contribution in [3.63, 3.8) is 0 Å². The fourth-order valence-electron chi connectivity index (χ4n) is 2.13. The van der Waals surface area contributed by atoms with Gasteiger partial charge in [0.25, 0.3) is 5.91 Å². The van der Waals surface area contributed by atoms with Gasteiger partial charge in [0, 0.05) is 13.6 Å². The van der Waals surface area contributed by atoms with Gasteiger partial charge in [-0.05, 0) is 18.6 Å². The molecular weight excluding hydrogens is 292 g/mol. The van der Waals surface area contributed by atoms with Crippen molar-refractivity contribution < 1.29 is 9.53 Å². The minimum absolute atomic E-state index is 0.0893. The lowest BCUT2D eigenvalue weighted by molar-refractivity contribution is 0.0778. The SMILES string of the molecule is CCOc1nc(C(=O)N(C)Cc2ccccc2)cc(N)c1C#N. The van der Waals surface area contributed by atoms with Gasteiger partial charge in [-0.25, -0.2) is 4.98 Å². The molecule has 2 N–H and O–H groups in total. The number of benzene rings is 1. The average molecular weight is 310 g/mol. The zero-order valence-corrected chi connectivity index (χ0v) is 13.1. The van der Waals surface area contributed by atoms with Crippen LogP contribution in [0.25, 0.3) is 0 Å². The van der Waals surface area contributed by atoms with Crippen LogP contribution in [0.4, 0.5) is 5.69 Å². The Morgan fingerprint density at radius 2 is 2.09 bits per heavy atom. The van der Waals surface area contributed by atoms with Crippen LogP contribution in [0.1, 0.15) is 28.5 Å². The van der Waals surface area contributed by atoms with Crippen molar-refractivity contribution in [3.05, 3.63) is 53.2 Å². The van der Waals surface area contributed by atoms with Crippen molar-refractivity contribution >= 4 is 11.6 Å². The molecule has 1 aromatic heterocycles. The number of hydrogen-bond donors (Lipinski definition) is 1. The first-order chi connectivity index (χ1) is 11.1. The summed E-state index contributed by atoms with van der Waals surface area (Å²) in [6, 6.07) is 13.0. The second-order valence-corrected chi connectivity index (χ2v) is 4.97. The molecule has 0 unspecified atom stereocenters. The largest absolute Gasteiger partial charge is 0.477 e. The lowest BCUT2D eigenvalue weighted by Crippen LogP contribution is -2.27. The topological polar surface area (TPSA) is 92.2 Å². The molecule has 2 rings (SSSR count). The number of hydrogen-bond acceptors (Lipinski definition) is 5. The molecule has 6 nitrogen and oxygen atoms in total. The highest BCUT2D eigenvalue weighted by molar-refractivity contribution is 5.93. The quantitative estimate of drug-likeness (QED) is 0.914. The maximum absolute atomic E-state index is 12.5. The van der Waals surface area contributed by atoms with Gasteiger partial charge in [-0.2, -0.15) is 5.26 Å². The van der Waals surface area contributed by atoms with Crippen LogP contribution in [0.5, 0.6) is 5.88 Å². The molecule has 0 fully saturated rings. The van der Waals surface area contributed by atoms with Crippen molar-refractivity contribution in [1.29, 1.82) is 5.26 Å². The van der Waals surface area contributed by atoms with Gasteiger partial charge < -0.3 is 15.4 Å². The summed E-state index contributed by atoms with van der Waals surface area (Å²) < 4.78 is 5.31. The number of nitrogens with zero attached hydrogens (tertiary/aromatic N) is 3.